The number of rotatable bonds is 26. The molecule has 0 fully saturated rings. The third kappa shape index (κ3) is 28.1. The quantitative estimate of drug-likeness (QED) is 0.0418. The van der Waals surface area contributed by atoms with E-state index in [2.05, 4.69) is 19.1 Å². The summed E-state index contributed by atoms with van der Waals surface area (Å²) in [6.45, 7) is 4.37. The topological polar surface area (TPSA) is 94.1 Å². The summed E-state index contributed by atoms with van der Waals surface area (Å²) in [6, 6.07) is 0. The summed E-state index contributed by atoms with van der Waals surface area (Å²) in [5.74, 6) is -0.513. The number of hydrogen-bond donors (Lipinski definition) is 0. The molecule has 0 aromatic rings. The monoisotopic (exact) mass is 549 g/mol. The van der Waals surface area contributed by atoms with Gasteiger partial charge in [0.2, 0.25) is 0 Å². The van der Waals surface area contributed by atoms with Crippen LogP contribution in [0, 0.1) is 0 Å². The van der Waals surface area contributed by atoms with Crippen molar-refractivity contribution in [3.05, 3.63) is 12.2 Å². The molecular weight excluding hydrogens is 493 g/mol. The molecule has 0 aromatic carbocycles. The lowest BCUT2D eigenvalue weighted by molar-refractivity contribution is -0.870. The Morgan fingerprint density at radius 2 is 1.35 bits per heavy atom. The van der Waals surface area contributed by atoms with Crippen molar-refractivity contribution in [3.8, 4) is 0 Å². The minimum Gasteiger partial charge on any atom is -0.756 e. The number of phosphoric acid groups is 1. The lowest BCUT2D eigenvalue weighted by atomic mass is 10.1. The number of unbranched alkanes of at least 4 members (excludes halogenated alkanes) is 12. The largest absolute Gasteiger partial charge is 0.756 e. The van der Waals surface area contributed by atoms with E-state index < -0.39 is 19.9 Å². The first-order valence-electron chi connectivity index (χ1n) is 14.4. The molecule has 0 saturated heterocycles. The van der Waals surface area contributed by atoms with Crippen molar-refractivity contribution in [2.45, 2.75) is 110 Å². The van der Waals surface area contributed by atoms with Gasteiger partial charge in [0.15, 0.2) is 0 Å². The molecule has 0 rings (SSSR count). The van der Waals surface area contributed by atoms with E-state index in [0.29, 0.717) is 17.6 Å². The van der Waals surface area contributed by atoms with E-state index in [1.165, 1.54) is 84.0 Å². The molecule has 220 valence electrons. The molecule has 0 saturated carbocycles. The number of hydrogen-bond acceptors (Lipinski definition) is 7. The highest BCUT2D eigenvalue weighted by Gasteiger charge is 2.19. The predicted octanol–water partition coefficient (Wildman–Crippen LogP) is 6.18. The van der Waals surface area contributed by atoms with E-state index in [9.17, 15) is 14.3 Å². The standard InChI is InChI=1S/C28H56NO7P/c1-6-7-8-9-10-11-12-13-14-15-16-17-18-19-20-21-23-33-25-28(36-27(2)30)26-35-37(31,32)34-24-22-29(3,4)5/h13-14,28H,6-12,15-26H2,1-5H3/t28-/m1/s1. The molecule has 2 atom stereocenters. The van der Waals surface area contributed by atoms with Crippen molar-refractivity contribution in [1.29, 1.82) is 0 Å². The van der Waals surface area contributed by atoms with Crippen LogP contribution in [0.4, 0.5) is 0 Å². The van der Waals surface area contributed by atoms with Gasteiger partial charge in [-0.1, -0.05) is 76.9 Å². The average Bonchev–Trinajstić information content (AvgIpc) is 2.80. The molecule has 0 aliphatic rings. The zero-order chi connectivity index (χ0) is 27.8. The molecule has 1 unspecified atom stereocenters. The van der Waals surface area contributed by atoms with Gasteiger partial charge < -0.3 is 27.9 Å². The molecule has 37 heavy (non-hydrogen) atoms. The first-order valence-corrected chi connectivity index (χ1v) is 15.8. The summed E-state index contributed by atoms with van der Waals surface area (Å²) in [5, 5.41) is 0. The molecule has 0 N–H and O–H groups in total. The molecule has 0 aliphatic carbocycles. The predicted molar refractivity (Wildman–Crippen MR) is 148 cm³/mol. The molecule has 9 heteroatoms. The van der Waals surface area contributed by atoms with Crippen LogP contribution >= 0.6 is 7.82 Å². The average molecular weight is 550 g/mol. The molecule has 8 nitrogen and oxygen atoms in total. The van der Waals surface area contributed by atoms with E-state index in [1.807, 2.05) is 21.1 Å². The maximum absolute atomic E-state index is 11.9. The van der Waals surface area contributed by atoms with Crippen LogP contribution < -0.4 is 4.89 Å². The maximum atomic E-state index is 11.9. The van der Waals surface area contributed by atoms with Crippen LogP contribution in [0.3, 0.4) is 0 Å². The van der Waals surface area contributed by atoms with Gasteiger partial charge in [-0.05, 0) is 32.1 Å². The number of esters is 1. The van der Waals surface area contributed by atoms with Crippen molar-refractivity contribution in [1.82, 2.24) is 0 Å². The molecule has 0 amide bonds. The molecule has 0 bridgehead atoms. The fraction of sp³-hybridized carbons (Fsp3) is 0.893. The number of phosphoric ester groups is 1. The van der Waals surface area contributed by atoms with Crippen LogP contribution in [0.2, 0.25) is 0 Å². The number of ether oxygens (including phenoxy) is 2. The molecule has 0 aliphatic heterocycles. The van der Waals surface area contributed by atoms with E-state index >= 15 is 0 Å². The molecule has 0 spiro atoms. The van der Waals surface area contributed by atoms with Crippen molar-refractivity contribution >= 4 is 13.8 Å². The SMILES string of the molecule is CCCCCCCCC=CCCCCCCCCOC[C@H](COP(=O)([O-])OCC[N+](C)(C)C)OC(C)=O. The summed E-state index contributed by atoms with van der Waals surface area (Å²) in [7, 11) is 1.34. The number of quaternary nitrogens is 1. The highest BCUT2D eigenvalue weighted by molar-refractivity contribution is 7.45. The first kappa shape index (κ1) is 36.2. The van der Waals surface area contributed by atoms with Gasteiger partial charge in [0.1, 0.15) is 19.3 Å². The van der Waals surface area contributed by atoms with Crippen molar-refractivity contribution in [2.75, 3.05) is 54.1 Å². The summed E-state index contributed by atoms with van der Waals surface area (Å²) in [6.07, 6.45) is 21.3. The van der Waals surface area contributed by atoms with Gasteiger partial charge in [-0.3, -0.25) is 9.36 Å². The number of nitrogens with zero attached hydrogens (tertiary/aromatic N) is 1. The van der Waals surface area contributed by atoms with Gasteiger partial charge >= 0.3 is 5.97 Å². The van der Waals surface area contributed by atoms with Gasteiger partial charge in [0, 0.05) is 13.5 Å². The fourth-order valence-corrected chi connectivity index (χ4v) is 4.38. The van der Waals surface area contributed by atoms with E-state index in [1.54, 1.807) is 0 Å². The van der Waals surface area contributed by atoms with Crippen LogP contribution in [-0.4, -0.2) is 70.7 Å². The third-order valence-electron chi connectivity index (χ3n) is 5.87. The second-order valence-electron chi connectivity index (χ2n) is 10.8. The Balaban J connectivity index is 3.77. The van der Waals surface area contributed by atoms with Crippen molar-refractivity contribution in [3.63, 3.8) is 0 Å². The number of carbonyl (C=O) groups excluding carboxylic acids is 1. The van der Waals surface area contributed by atoms with Gasteiger partial charge in [-0.25, -0.2) is 0 Å². The minimum atomic E-state index is -4.47. The van der Waals surface area contributed by atoms with Gasteiger partial charge in [0.05, 0.1) is 34.4 Å². The fourth-order valence-electron chi connectivity index (χ4n) is 3.66. The van der Waals surface area contributed by atoms with Gasteiger partial charge in [0.25, 0.3) is 7.82 Å². The molecule has 0 aromatic heterocycles. The van der Waals surface area contributed by atoms with E-state index in [-0.39, 0.29) is 19.8 Å². The van der Waals surface area contributed by atoms with Crippen LogP contribution in [0.1, 0.15) is 104 Å². The number of allylic oxidation sites excluding steroid dienone is 2. The van der Waals surface area contributed by atoms with Crippen molar-refractivity contribution in [2.24, 2.45) is 0 Å². The first-order chi connectivity index (χ1) is 17.6. The minimum absolute atomic E-state index is 0.0228. The molecule has 0 heterocycles. The van der Waals surface area contributed by atoms with E-state index in [0.717, 1.165) is 12.8 Å². The highest BCUT2D eigenvalue weighted by Crippen LogP contribution is 2.38. The van der Waals surface area contributed by atoms with Crippen LogP contribution in [-0.2, 0) is 27.9 Å². The Kier molecular flexibility index (Phi) is 22.7. The maximum Gasteiger partial charge on any atom is 0.303 e. The zero-order valence-electron chi connectivity index (χ0n) is 24.4. The summed E-state index contributed by atoms with van der Waals surface area (Å²) < 4.78 is 33.0. The Labute approximate surface area is 227 Å². The summed E-state index contributed by atoms with van der Waals surface area (Å²) >= 11 is 0. The third-order valence-corrected chi connectivity index (χ3v) is 6.83. The Bertz CT molecular complexity index is 622. The lowest BCUT2D eigenvalue weighted by Crippen LogP contribution is -2.37. The molecular formula is C28H56NO7P. The van der Waals surface area contributed by atoms with Gasteiger partial charge in [-0.15, -0.1) is 0 Å². The zero-order valence-corrected chi connectivity index (χ0v) is 25.3. The highest BCUT2D eigenvalue weighted by atomic mass is 31.2. The Morgan fingerprint density at radius 1 is 0.811 bits per heavy atom. The van der Waals surface area contributed by atoms with Gasteiger partial charge in [-0.2, -0.15) is 0 Å². The number of likely N-dealkylation sites (N-methyl/N-ethyl adjacent to an activating group) is 1. The molecule has 0 radical (unpaired) electrons. The number of carbonyl (C=O) groups is 1. The lowest BCUT2D eigenvalue weighted by Gasteiger charge is -2.28. The second-order valence-corrected chi connectivity index (χ2v) is 12.2. The van der Waals surface area contributed by atoms with Crippen LogP contribution in [0.15, 0.2) is 12.2 Å². The van der Waals surface area contributed by atoms with Crippen LogP contribution in [0.5, 0.6) is 0 Å². The van der Waals surface area contributed by atoms with E-state index in [4.69, 9.17) is 18.5 Å². The van der Waals surface area contributed by atoms with Crippen LogP contribution in [0.25, 0.3) is 0 Å². The summed E-state index contributed by atoms with van der Waals surface area (Å²) in [4.78, 5) is 23.3. The normalized spacial score (nSPS) is 14.6. The smallest absolute Gasteiger partial charge is 0.303 e. The summed E-state index contributed by atoms with van der Waals surface area (Å²) in [5.41, 5.74) is 0. The Hall–Kier alpha value is -0.760. The van der Waals surface area contributed by atoms with Crippen molar-refractivity contribution < 1.29 is 37.3 Å². The second kappa shape index (κ2) is 23.2. The Morgan fingerprint density at radius 3 is 1.89 bits per heavy atom.